The van der Waals surface area contributed by atoms with Gasteiger partial charge in [0.2, 0.25) is 10.0 Å². The number of carbonyl (C=O) groups excluding carboxylic acids is 1. The number of nitrogens with zero attached hydrogens (tertiary/aromatic N) is 3. The molecule has 0 fully saturated rings. The third kappa shape index (κ3) is 5.54. The first-order chi connectivity index (χ1) is 19.9. The number of benzene rings is 4. The van der Waals surface area contributed by atoms with Crippen LogP contribution >= 0.6 is 11.3 Å². The molecule has 0 N–H and O–H groups in total. The van der Waals surface area contributed by atoms with Gasteiger partial charge in [-0.05, 0) is 77.7 Å². The number of allylic oxidation sites excluding steroid dienone is 1. The number of rotatable bonds is 6. The van der Waals surface area contributed by atoms with E-state index in [2.05, 4.69) is 11.1 Å². The van der Waals surface area contributed by atoms with Gasteiger partial charge in [-0.15, -0.1) is 11.3 Å². The molecule has 1 aliphatic heterocycles. The van der Waals surface area contributed by atoms with Crippen molar-refractivity contribution in [2.75, 3.05) is 6.54 Å². The van der Waals surface area contributed by atoms with Gasteiger partial charge in [-0.2, -0.15) is 9.57 Å². The SMILES string of the molecule is N#C/C(=C\c1ccc(OC(=O)c2ccc(S(=O)(=O)N3CCc4ccccc4C3)cc2)cc1)c1nc2ccccc2s1. The molecule has 5 aromatic rings. The van der Waals surface area contributed by atoms with Crippen LogP contribution in [-0.4, -0.2) is 30.2 Å². The molecule has 0 radical (unpaired) electrons. The Kier molecular flexibility index (Phi) is 7.20. The van der Waals surface area contributed by atoms with Crippen molar-refractivity contribution in [2.45, 2.75) is 17.9 Å². The molecule has 7 nitrogen and oxygen atoms in total. The summed E-state index contributed by atoms with van der Waals surface area (Å²) in [4.78, 5) is 17.4. The standard InChI is InChI=1S/C32H23N3O4S2/c33-20-26(31-34-29-7-3-4-8-30(29)40-31)19-22-9-13-27(14-10-22)39-32(36)24-11-15-28(16-12-24)41(37,38)35-18-17-23-5-1-2-6-25(23)21-35/h1-16,19H,17-18,21H2/b26-19+. The van der Waals surface area contributed by atoms with E-state index < -0.39 is 16.0 Å². The highest BCUT2D eigenvalue weighted by molar-refractivity contribution is 7.89. The minimum atomic E-state index is -3.70. The smallest absolute Gasteiger partial charge is 0.343 e. The Hall–Kier alpha value is -4.62. The van der Waals surface area contributed by atoms with Crippen molar-refractivity contribution in [3.63, 3.8) is 0 Å². The lowest BCUT2D eigenvalue weighted by Crippen LogP contribution is -2.35. The number of sulfonamides is 1. The number of hydrogen-bond acceptors (Lipinski definition) is 7. The summed E-state index contributed by atoms with van der Waals surface area (Å²) < 4.78 is 34.4. The Bertz CT molecular complexity index is 1900. The number of nitriles is 1. The van der Waals surface area contributed by atoms with E-state index in [1.807, 2.05) is 48.5 Å². The van der Waals surface area contributed by atoms with E-state index in [-0.39, 0.29) is 10.5 Å². The fraction of sp³-hybridized carbons (Fsp3) is 0.0938. The number of thiazole rings is 1. The second kappa shape index (κ2) is 11.1. The zero-order valence-electron chi connectivity index (χ0n) is 21.7. The first kappa shape index (κ1) is 26.6. The van der Waals surface area contributed by atoms with Crippen LogP contribution in [0.3, 0.4) is 0 Å². The Morgan fingerprint density at radius 2 is 1.63 bits per heavy atom. The first-order valence-corrected chi connectivity index (χ1v) is 15.1. The molecule has 0 saturated carbocycles. The van der Waals surface area contributed by atoms with Crippen LogP contribution in [0.4, 0.5) is 0 Å². The van der Waals surface area contributed by atoms with Gasteiger partial charge in [-0.25, -0.2) is 18.2 Å². The van der Waals surface area contributed by atoms with Gasteiger partial charge >= 0.3 is 5.97 Å². The molecule has 0 unspecified atom stereocenters. The molecular formula is C32H23N3O4S2. The molecule has 0 aliphatic carbocycles. The van der Waals surface area contributed by atoms with Crippen molar-refractivity contribution in [3.05, 3.63) is 124 Å². The van der Waals surface area contributed by atoms with Crippen molar-refractivity contribution in [3.8, 4) is 11.8 Å². The number of hydrogen-bond donors (Lipinski definition) is 0. The third-order valence-corrected chi connectivity index (χ3v) is 9.80. The summed E-state index contributed by atoms with van der Waals surface area (Å²) in [6, 6.07) is 30.4. The average Bonchev–Trinajstić information content (AvgIpc) is 3.44. The molecule has 202 valence electrons. The summed E-state index contributed by atoms with van der Waals surface area (Å²) >= 11 is 1.45. The van der Waals surface area contributed by atoms with Crippen LogP contribution < -0.4 is 4.74 Å². The van der Waals surface area contributed by atoms with E-state index in [1.54, 1.807) is 30.3 Å². The zero-order chi connectivity index (χ0) is 28.4. The summed E-state index contributed by atoms with van der Waals surface area (Å²) in [6.45, 7) is 0.731. The molecule has 0 amide bonds. The Labute approximate surface area is 241 Å². The number of carbonyl (C=O) groups is 1. The van der Waals surface area contributed by atoms with Crippen molar-refractivity contribution < 1.29 is 17.9 Å². The van der Waals surface area contributed by atoms with Gasteiger partial charge in [0, 0.05) is 13.1 Å². The second-order valence-corrected chi connectivity index (χ2v) is 12.5. The van der Waals surface area contributed by atoms with Crippen molar-refractivity contribution in [2.24, 2.45) is 0 Å². The summed E-state index contributed by atoms with van der Waals surface area (Å²) in [5.74, 6) is -0.273. The fourth-order valence-electron chi connectivity index (χ4n) is 4.68. The second-order valence-electron chi connectivity index (χ2n) is 9.50. The minimum absolute atomic E-state index is 0.131. The molecule has 2 heterocycles. The van der Waals surface area contributed by atoms with E-state index in [1.165, 1.54) is 45.5 Å². The van der Waals surface area contributed by atoms with Crippen molar-refractivity contribution >= 4 is 49.2 Å². The van der Waals surface area contributed by atoms with Crippen LogP contribution in [0.2, 0.25) is 0 Å². The summed E-state index contributed by atoms with van der Waals surface area (Å²) in [5.41, 5.74) is 4.46. The third-order valence-electron chi connectivity index (χ3n) is 6.87. The lowest BCUT2D eigenvalue weighted by atomic mass is 10.0. The average molecular weight is 578 g/mol. The summed E-state index contributed by atoms with van der Waals surface area (Å²) in [5, 5.41) is 10.3. The first-order valence-electron chi connectivity index (χ1n) is 12.9. The summed E-state index contributed by atoms with van der Waals surface area (Å²) in [7, 11) is -3.70. The van der Waals surface area contributed by atoms with Gasteiger partial charge in [-0.1, -0.05) is 48.5 Å². The molecule has 0 atom stereocenters. The molecule has 0 saturated heterocycles. The number of ether oxygens (including phenoxy) is 1. The van der Waals surface area contributed by atoms with Crippen LogP contribution in [0.15, 0.2) is 102 Å². The van der Waals surface area contributed by atoms with Crippen LogP contribution in [0.1, 0.15) is 32.1 Å². The molecule has 9 heteroatoms. The number of fused-ring (bicyclic) bond motifs is 2. The van der Waals surface area contributed by atoms with Crippen molar-refractivity contribution in [1.82, 2.24) is 9.29 Å². The minimum Gasteiger partial charge on any atom is -0.423 e. The van der Waals surface area contributed by atoms with E-state index in [0.717, 1.165) is 21.3 Å². The van der Waals surface area contributed by atoms with Gasteiger partial charge < -0.3 is 4.74 Å². The normalized spacial score (nSPS) is 13.9. The summed E-state index contributed by atoms with van der Waals surface area (Å²) in [6.07, 6.45) is 2.40. The highest BCUT2D eigenvalue weighted by atomic mass is 32.2. The number of para-hydroxylation sites is 1. The molecule has 0 spiro atoms. The maximum absolute atomic E-state index is 13.2. The van der Waals surface area contributed by atoms with Gasteiger partial charge in [0.25, 0.3) is 0 Å². The molecular weight excluding hydrogens is 555 g/mol. The van der Waals surface area contributed by atoms with Crippen LogP contribution in [0.25, 0.3) is 21.9 Å². The lowest BCUT2D eigenvalue weighted by molar-refractivity contribution is 0.0734. The van der Waals surface area contributed by atoms with E-state index >= 15 is 0 Å². The fourth-order valence-corrected chi connectivity index (χ4v) is 7.03. The number of aromatic nitrogens is 1. The molecule has 4 aromatic carbocycles. The Morgan fingerprint density at radius 1 is 0.927 bits per heavy atom. The molecule has 0 bridgehead atoms. The predicted molar refractivity (Wildman–Crippen MR) is 159 cm³/mol. The van der Waals surface area contributed by atoms with Gasteiger partial charge in [0.15, 0.2) is 0 Å². The molecule has 41 heavy (non-hydrogen) atoms. The molecule has 1 aliphatic rings. The molecule has 1 aromatic heterocycles. The quantitative estimate of drug-likeness (QED) is 0.133. The maximum atomic E-state index is 13.2. The van der Waals surface area contributed by atoms with Crippen LogP contribution in [0.5, 0.6) is 5.75 Å². The highest BCUT2D eigenvalue weighted by Gasteiger charge is 2.28. The van der Waals surface area contributed by atoms with Crippen LogP contribution in [0, 0.1) is 11.3 Å². The van der Waals surface area contributed by atoms with Gasteiger partial charge in [0.1, 0.15) is 16.8 Å². The van der Waals surface area contributed by atoms with E-state index in [0.29, 0.717) is 35.8 Å². The van der Waals surface area contributed by atoms with Gasteiger partial charge in [0.05, 0.1) is 26.2 Å². The lowest BCUT2D eigenvalue weighted by Gasteiger charge is -2.28. The van der Waals surface area contributed by atoms with Crippen molar-refractivity contribution in [1.29, 1.82) is 5.26 Å². The van der Waals surface area contributed by atoms with E-state index in [4.69, 9.17) is 4.74 Å². The Morgan fingerprint density at radius 3 is 2.37 bits per heavy atom. The Balaban J connectivity index is 1.12. The maximum Gasteiger partial charge on any atom is 0.343 e. The zero-order valence-corrected chi connectivity index (χ0v) is 23.4. The largest absolute Gasteiger partial charge is 0.423 e. The van der Waals surface area contributed by atoms with Gasteiger partial charge in [-0.3, -0.25) is 0 Å². The predicted octanol–water partition coefficient (Wildman–Crippen LogP) is 6.33. The molecule has 6 rings (SSSR count). The van der Waals surface area contributed by atoms with E-state index in [9.17, 15) is 18.5 Å². The van der Waals surface area contributed by atoms with Crippen LogP contribution in [-0.2, 0) is 23.0 Å². The highest BCUT2D eigenvalue weighted by Crippen LogP contribution is 2.29. The topological polar surface area (TPSA) is 100 Å². The number of esters is 1. The monoisotopic (exact) mass is 577 g/mol.